The molecule has 2 aliphatic rings. The fraction of sp³-hybridized carbons (Fsp3) is 0.192. The Hall–Kier alpha value is -3.39. The molecule has 35 heavy (non-hydrogen) atoms. The number of rotatable bonds is 4. The number of benzene rings is 3. The molecular formula is C26H21Cl2N3O4. The molecule has 3 atom stereocenters. The van der Waals surface area contributed by atoms with Gasteiger partial charge in [0.25, 0.3) is 11.8 Å². The van der Waals surface area contributed by atoms with Crippen molar-refractivity contribution in [1.82, 2.24) is 10.4 Å². The molecule has 0 bridgehead atoms. The zero-order chi connectivity index (χ0) is 24.9. The molecule has 0 radical (unpaired) electrons. The molecule has 3 aromatic carbocycles. The van der Waals surface area contributed by atoms with Gasteiger partial charge >= 0.3 is 0 Å². The maximum Gasteiger partial charge on any atom is 0.268 e. The highest BCUT2D eigenvalue weighted by Crippen LogP contribution is 2.45. The van der Waals surface area contributed by atoms with E-state index in [-0.39, 0.29) is 10.7 Å². The first-order chi connectivity index (χ1) is 16.8. The van der Waals surface area contributed by atoms with Crippen LogP contribution in [-0.4, -0.2) is 35.9 Å². The van der Waals surface area contributed by atoms with Crippen LogP contribution in [-0.2, 0) is 9.59 Å². The van der Waals surface area contributed by atoms with Crippen molar-refractivity contribution < 1.29 is 19.1 Å². The molecule has 0 spiro atoms. The van der Waals surface area contributed by atoms with Gasteiger partial charge in [-0.15, -0.1) is 0 Å². The summed E-state index contributed by atoms with van der Waals surface area (Å²) in [5, 5.41) is 1.80. The fourth-order valence-corrected chi connectivity index (χ4v) is 5.18. The van der Waals surface area contributed by atoms with E-state index in [1.54, 1.807) is 24.3 Å². The molecule has 9 heteroatoms. The third-order valence-electron chi connectivity index (χ3n) is 6.38. The van der Waals surface area contributed by atoms with Crippen molar-refractivity contribution in [3.05, 3.63) is 93.5 Å². The maximum atomic E-state index is 13.8. The normalized spacial score (nSPS) is 21.4. The molecular weight excluding hydrogens is 489 g/mol. The summed E-state index contributed by atoms with van der Waals surface area (Å²) in [6.45, 7) is 1.92. The number of para-hydroxylation sites is 1. The SMILES string of the molecule is COc1ccccc1[C@@H]1NN(C(=O)c2ccc(C)cc2)[C@H]2C(=O)N(c3ccc(Cl)cc3Cl)C(=O)[C@H]12. The van der Waals surface area contributed by atoms with Crippen LogP contribution in [0.25, 0.3) is 0 Å². The van der Waals surface area contributed by atoms with E-state index in [4.69, 9.17) is 27.9 Å². The van der Waals surface area contributed by atoms with Crippen LogP contribution >= 0.6 is 23.2 Å². The number of hydrazine groups is 1. The van der Waals surface area contributed by atoms with Crippen LogP contribution in [0.5, 0.6) is 5.75 Å². The van der Waals surface area contributed by atoms with Crippen LogP contribution in [0.1, 0.15) is 27.5 Å². The molecule has 2 saturated heterocycles. The van der Waals surface area contributed by atoms with Crippen LogP contribution in [0, 0.1) is 12.8 Å². The van der Waals surface area contributed by atoms with E-state index in [2.05, 4.69) is 5.43 Å². The topological polar surface area (TPSA) is 79.0 Å². The van der Waals surface area contributed by atoms with Crippen molar-refractivity contribution in [2.75, 3.05) is 12.0 Å². The fourth-order valence-electron chi connectivity index (χ4n) is 4.69. The Kier molecular flexibility index (Phi) is 6.01. The standard InChI is InChI=1S/C26H21Cl2N3O4/c1-14-7-9-15(10-8-14)24(32)31-23-21(22(29-31)17-5-3-4-6-20(17)35-2)25(33)30(26(23)34)19-12-11-16(27)13-18(19)28/h3-13,21-23,29H,1-2H3/t21-,22+,23-/m1/s1. The number of imide groups is 1. The molecule has 1 N–H and O–H groups in total. The van der Waals surface area contributed by atoms with Crippen LogP contribution < -0.4 is 15.1 Å². The zero-order valence-corrected chi connectivity index (χ0v) is 20.4. The average Bonchev–Trinajstić information content (AvgIpc) is 3.36. The molecule has 2 heterocycles. The molecule has 7 nitrogen and oxygen atoms in total. The molecule has 0 aromatic heterocycles. The lowest BCUT2D eigenvalue weighted by atomic mass is 9.90. The number of methoxy groups -OCH3 is 1. The lowest BCUT2D eigenvalue weighted by Gasteiger charge is -2.26. The molecule has 178 valence electrons. The molecule has 3 amide bonds. The van der Waals surface area contributed by atoms with Crippen LogP contribution in [0.3, 0.4) is 0 Å². The summed E-state index contributed by atoms with van der Waals surface area (Å²) in [6.07, 6.45) is 0. The minimum absolute atomic E-state index is 0.164. The zero-order valence-electron chi connectivity index (χ0n) is 18.9. The lowest BCUT2D eigenvalue weighted by molar-refractivity contribution is -0.123. The maximum absolute atomic E-state index is 13.8. The monoisotopic (exact) mass is 509 g/mol. The highest BCUT2D eigenvalue weighted by molar-refractivity contribution is 6.38. The summed E-state index contributed by atoms with van der Waals surface area (Å²) < 4.78 is 5.52. The quantitative estimate of drug-likeness (QED) is 0.521. The second-order valence-corrected chi connectivity index (χ2v) is 9.31. The van der Waals surface area contributed by atoms with E-state index in [9.17, 15) is 14.4 Å². The Morgan fingerprint density at radius 2 is 1.69 bits per heavy atom. The van der Waals surface area contributed by atoms with Crippen molar-refractivity contribution in [1.29, 1.82) is 0 Å². The first-order valence-electron chi connectivity index (χ1n) is 10.9. The first-order valence-corrected chi connectivity index (χ1v) is 11.7. The Morgan fingerprint density at radius 3 is 2.37 bits per heavy atom. The van der Waals surface area contributed by atoms with Crippen molar-refractivity contribution in [2.24, 2.45) is 5.92 Å². The Balaban J connectivity index is 1.61. The number of fused-ring (bicyclic) bond motifs is 1. The van der Waals surface area contributed by atoms with Crippen LogP contribution in [0.15, 0.2) is 66.7 Å². The van der Waals surface area contributed by atoms with Gasteiger partial charge in [-0.1, -0.05) is 59.1 Å². The number of carbonyl (C=O) groups is 3. The number of amides is 3. The second kappa shape index (κ2) is 9.00. The molecule has 0 unspecified atom stereocenters. The van der Waals surface area contributed by atoms with Gasteiger partial charge in [-0.05, 0) is 43.3 Å². The van der Waals surface area contributed by atoms with Gasteiger partial charge in [0, 0.05) is 16.1 Å². The number of aryl methyl sites for hydroxylation is 1. The van der Waals surface area contributed by atoms with Gasteiger partial charge in [-0.3, -0.25) is 19.4 Å². The molecule has 3 aromatic rings. The summed E-state index contributed by atoms with van der Waals surface area (Å²) in [5.74, 6) is -1.78. The largest absolute Gasteiger partial charge is 0.496 e. The number of ether oxygens (including phenoxy) is 1. The van der Waals surface area contributed by atoms with Crippen molar-refractivity contribution >= 4 is 46.6 Å². The molecule has 5 rings (SSSR count). The highest BCUT2D eigenvalue weighted by atomic mass is 35.5. The third-order valence-corrected chi connectivity index (χ3v) is 6.91. The summed E-state index contributed by atoms with van der Waals surface area (Å²) in [7, 11) is 1.53. The Morgan fingerprint density at radius 1 is 0.971 bits per heavy atom. The van der Waals surface area contributed by atoms with Crippen molar-refractivity contribution in [2.45, 2.75) is 19.0 Å². The molecule has 0 saturated carbocycles. The summed E-state index contributed by atoms with van der Waals surface area (Å²) in [6, 6.07) is 17.0. The predicted molar refractivity (Wildman–Crippen MR) is 132 cm³/mol. The van der Waals surface area contributed by atoms with E-state index >= 15 is 0 Å². The van der Waals surface area contributed by atoms with Gasteiger partial charge in [-0.25, -0.2) is 10.3 Å². The van der Waals surface area contributed by atoms with E-state index in [1.165, 1.54) is 24.3 Å². The number of nitrogens with zero attached hydrogens (tertiary/aromatic N) is 2. The van der Waals surface area contributed by atoms with Crippen LogP contribution in [0.4, 0.5) is 5.69 Å². The number of hydrogen-bond acceptors (Lipinski definition) is 5. The number of halogens is 2. The average molecular weight is 510 g/mol. The second-order valence-electron chi connectivity index (χ2n) is 8.47. The minimum Gasteiger partial charge on any atom is -0.496 e. The van der Waals surface area contributed by atoms with Gasteiger partial charge in [0.15, 0.2) is 0 Å². The number of anilines is 1. The predicted octanol–water partition coefficient (Wildman–Crippen LogP) is 4.57. The Labute approximate surface area is 212 Å². The lowest BCUT2D eigenvalue weighted by Crippen LogP contribution is -2.48. The summed E-state index contributed by atoms with van der Waals surface area (Å²) in [4.78, 5) is 42.1. The number of hydrogen-bond donors (Lipinski definition) is 1. The molecule has 0 aliphatic carbocycles. The van der Waals surface area contributed by atoms with Crippen molar-refractivity contribution in [3.63, 3.8) is 0 Å². The van der Waals surface area contributed by atoms with E-state index < -0.39 is 35.7 Å². The van der Waals surface area contributed by atoms with E-state index in [0.29, 0.717) is 21.9 Å². The van der Waals surface area contributed by atoms with Gasteiger partial charge in [0.2, 0.25) is 5.91 Å². The summed E-state index contributed by atoms with van der Waals surface area (Å²) >= 11 is 12.4. The van der Waals surface area contributed by atoms with Gasteiger partial charge in [0.05, 0.1) is 29.8 Å². The highest BCUT2D eigenvalue weighted by Gasteiger charge is 2.61. The van der Waals surface area contributed by atoms with Crippen LogP contribution in [0.2, 0.25) is 10.0 Å². The summed E-state index contributed by atoms with van der Waals surface area (Å²) in [5.41, 5.74) is 5.41. The smallest absolute Gasteiger partial charge is 0.268 e. The van der Waals surface area contributed by atoms with Crippen molar-refractivity contribution in [3.8, 4) is 5.75 Å². The number of carbonyl (C=O) groups excluding carboxylic acids is 3. The number of nitrogens with one attached hydrogen (secondary N) is 1. The first kappa shape index (κ1) is 23.4. The van der Waals surface area contributed by atoms with E-state index in [1.807, 2.05) is 37.3 Å². The molecule has 2 aliphatic heterocycles. The molecule has 2 fully saturated rings. The van der Waals surface area contributed by atoms with Gasteiger partial charge < -0.3 is 4.74 Å². The van der Waals surface area contributed by atoms with E-state index in [0.717, 1.165) is 10.5 Å². The minimum atomic E-state index is -1.07. The third kappa shape index (κ3) is 3.86. The van der Waals surface area contributed by atoms with Gasteiger partial charge in [0.1, 0.15) is 11.8 Å². The van der Waals surface area contributed by atoms with Gasteiger partial charge in [-0.2, -0.15) is 0 Å². The Bertz CT molecular complexity index is 1340.